The van der Waals surface area contributed by atoms with Crippen LogP contribution in [0.4, 0.5) is 4.39 Å². The van der Waals surface area contributed by atoms with Crippen molar-refractivity contribution in [2.24, 2.45) is 0 Å². The minimum Gasteiger partial charge on any atom is -0.279 e. The number of rotatable bonds is 1. The third-order valence-electron chi connectivity index (χ3n) is 2.55. The summed E-state index contributed by atoms with van der Waals surface area (Å²) in [6, 6.07) is 9.04. The van der Waals surface area contributed by atoms with E-state index in [0.29, 0.717) is 15.9 Å². The van der Waals surface area contributed by atoms with Crippen LogP contribution in [0.25, 0.3) is 5.69 Å². The van der Waals surface area contributed by atoms with Crippen molar-refractivity contribution in [3.05, 3.63) is 62.2 Å². The molecule has 0 fully saturated rings. The lowest BCUT2D eigenvalue weighted by molar-refractivity contribution is 0.626. The van der Waals surface area contributed by atoms with E-state index >= 15 is 0 Å². The van der Waals surface area contributed by atoms with Gasteiger partial charge in [0.15, 0.2) is 0 Å². The molecule has 0 saturated heterocycles. The molecule has 1 aromatic heterocycles. The molecule has 0 N–H and O–H groups in total. The summed E-state index contributed by atoms with van der Waals surface area (Å²) in [6.07, 6.45) is 0. The maximum absolute atomic E-state index is 13.0. The zero-order chi connectivity index (χ0) is 13.3. The molecule has 0 bridgehead atoms. The molecular weight excluding hydrogens is 299 g/mol. The van der Waals surface area contributed by atoms with Crippen molar-refractivity contribution in [1.82, 2.24) is 4.57 Å². The van der Waals surface area contributed by atoms with Gasteiger partial charge in [-0.15, -0.1) is 0 Å². The minimum absolute atomic E-state index is 0.0526. The molecule has 90 valence electrons. The molecule has 0 unspecified atom stereocenters. The van der Waals surface area contributed by atoms with Gasteiger partial charge in [0, 0.05) is 10.2 Å². The molecule has 2 rings (SSSR count). The molecule has 1 heterocycles. The molecule has 0 saturated carbocycles. The van der Waals surface area contributed by atoms with Crippen molar-refractivity contribution in [1.29, 1.82) is 5.26 Å². The van der Waals surface area contributed by atoms with Gasteiger partial charge in [0.1, 0.15) is 17.4 Å². The fraction of sp³-hybridized carbons (Fsp3) is 0.0769. The molecule has 0 spiro atoms. The maximum atomic E-state index is 13.0. The predicted octanol–water partition coefficient (Wildman–Crippen LogP) is 2.92. The molecule has 18 heavy (non-hydrogen) atoms. The Morgan fingerprint density at radius 2 is 2.06 bits per heavy atom. The summed E-state index contributed by atoms with van der Waals surface area (Å²) in [4.78, 5) is 12.1. The largest absolute Gasteiger partial charge is 0.279 e. The predicted molar refractivity (Wildman–Crippen MR) is 69.1 cm³/mol. The lowest BCUT2D eigenvalue weighted by Gasteiger charge is -2.11. The Labute approximate surface area is 111 Å². The van der Waals surface area contributed by atoms with E-state index in [1.807, 2.05) is 6.07 Å². The Morgan fingerprint density at radius 3 is 2.67 bits per heavy atom. The third-order valence-corrected chi connectivity index (χ3v) is 3.18. The van der Waals surface area contributed by atoms with Crippen LogP contribution in [0, 0.1) is 24.1 Å². The Kier molecular flexibility index (Phi) is 3.30. The number of halogens is 2. The van der Waals surface area contributed by atoms with E-state index in [1.54, 1.807) is 13.0 Å². The number of aryl methyl sites for hydroxylation is 1. The van der Waals surface area contributed by atoms with Crippen molar-refractivity contribution >= 4 is 15.9 Å². The second-order valence-electron chi connectivity index (χ2n) is 3.74. The highest BCUT2D eigenvalue weighted by Gasteiger charge is 2.11. The van der Waals surface area contributed by atoms with Crippen LogP contribution in [0.3, 0.4) is 0 Å². The number of hydrogen-bond acceptors (Lipinski definition) is 2. The summed E-state index contributed by atoms with van der Waals surface area (Å²) in [7, 11) is 0. The van der Waals surface area contributed by atoms with Gasteiger partial charge in [0.05, 0.1) is 5.69 Å². The minimum atomic E-state index is -0.412. The van der Waals surface area contributed by atoms with Crippen LogP contribution in [0.15, 0.2) is 39.6 Å². The van der Waals surface area contributed by atoms with Crippen LogP contribution >= 0.6 is 15.9 Å². The van der Waals surface area contributed by atoms with Crippen molar-refractivity contribution in [3.8, 4) is 11.8 Å². The van der Waals surface area contributed by atoms with E-state index < -0.39 is 11.4 Å². The lowest BCUT2D eigenvalue weighted by atomic mass is 10.2. The van der Waals surface area contributed by atoms with Crippen molar-refractivity contribution in [2.75, 3.05) is 0 Å². The van der Waals surface area contributed by atoms with Gasteiger partial charge >= 0.3 is 0 Å². The van der Waals surface area contributed by atoms with Crippen LogP contribution < -0.4 is 5.56 Å². The molecule has 0 aliphatic rings. The Bertz CT molecular complexity index is 716. The van der Waals surface area contributed by atoms with Gasteiger partial charge in [-0.3, -0.25) is 9.36 Å². The SMILES string of the molecule is Cc1ccc(C#N)c(=O)n1-c1ccc(F)cc1Br. The molecule has 2 aromatic rings. The number of aromatic nitrogens is 1. The molecule has 0 atom stereocenters. The first-order valence-corrected chi connectivity index (χ1v) is 5.92. The first-order valence-electron chi connectivity index (χ1n) is 5.13. The van der Waals surface area contributed by atoms with Crippen LogP contribution in [-0.4, -0.2) is 4.57 Å². The number of nitriles is 1. The van der Waals surface area contributed by atoms with Crippen molar-refractivity contribution in [3.63, 3.8) is 0 Å². The third kappa shape index (κ3) is 2.07. The summed E-state index contributed by atoms with van der Waals surface area (Å²) in [5, 5.41) is 8.86. The van der Waals surface area contributed by atoms with Gasteiger partial charge in [-0.05, 0) is 53.2 Å². The van der Waals surface area contributed by atoms with Crippen LogP contribution in [0.2, 0.25) is 0 Å². The smallest absolute Gasteiger partial charge is 0.273 e. The van der Waals surface area contributed by atoms with E-state index in [-0.39, 0.29) is 5.56 Å². The highest BCUT2D eigenvalue weighted by molar-refractivity contribution is 9.10. The van der Waals surface area contributed by atoms with Gasteiger partial charge in [-0.1, -0.05) is 0 Å². The van der Waals surface area contributed by atoms with Gasteiger partial charge < -0.3 is 0 Å². The standard InChI is InChI=1S/C13H8BrFN2O/c1-8-2-3-9(7-16)13(18)17(8)12-5-4-10(15)6-11(12)14/h2-6H,1H3. The van der Waals surface area contributed by atoms with E-state index in [2.05, 4.69) is 15.9 Å². The van der Waals surface area contributed by atoms with E-state index in [4.69, 9.17) is 5.26 Å². The Hall–Kier alpha value is -1.93. The number of hydrogen-bond donors (Lipinski definition) is 0. The molecule has 5 heteroatoms. The quantitative estimate of drug-likeness (QED) is 0.813. The summed E-state index contributed by atoms with van der Waals surface area (Å²) in [6.45, 7) is 1.75. The zero-order valence-corrected chi connectivity index (χ0v) is 11.0. The molecule has 1 aromatic carbocycles. The normalized spacial score (nSPS) is 10.1. The maximum Gasteiger partial charge on any atom is 0.273 e. The average Bonchev–Trinajstić information content (AvgIpc) is 2.32. The fourth-order valence-electron chi connectivity index (χ4n) is 1.68. The summed E-state index contributed by atoms with van der Waals surface area (Å²) < 4.78 is 14.9. The first kappa shape index (κ1) is 12.5. The second kappa shape index (κ2) is 4.75. The molecular formula is C13H8BrFN2O. The topological polar surface area (TPSA) is 45.8 Å². The van der Waals surface area contributed by atoms with Gasteiger partial charge in [-0.2, -0.15) is 5.26 Å². The Balaban J connectivity index is 2.79. The van der Waals surface area contributed by atoms with Crippen LogP contribution in [0.5, 0.6) is 0 Å². The Morgan fingerprint density at radius 1 is 1.33 bits per heavy atom. The first-order chi connectivity index (χ1) is 8.54. The molecule has 0 aliphatic carbocycles. The summed E-state index contributed by atoms with van der Waals surface area (Å²) >= 11 is 3.22. The van der Waals surface area contributed by atoms with Gasteiger partial charge in [0.2, 0.25) is 0 Å². The summed E-state index contributed by atoms with van der Waals surface area (Å²) in [5.41, 5.74) is 0.823. The second-order valence-corrected chi connectivity index (χ2v) is 4.59. The zero-order valence-electron chi connectivity index (χ0n) is 9.45. The average molecular weight is 307 g/mol. The van der Waals surface area contributed by atoms with Gasteiger partial charge in [0.25, 0.3) is 5.56 Å². The van der Waals surface area contributed by atoms with Crippen LogP contribution in [0.1, 0.15) is 11.3 Å². The number of nitrogens with zero attached hydrogens (tertiary/aromatic N) is 2. The van der Waals surface area contributed by atoms with E-state index in [1.165, 1.54) is 28.8 Å². The fourth-order valence-corrected chi connectivity index (χ4v) is 2.21. The highest BCUT2D eigenvalue weighted by atomic mass is 79.9. The monoisotopic (exact) mass is 306 g/mol. The molecule has 0 amide bonds. The number of benzene rings is 1. The van der Waals surface area contributed by atoms with Gasteiger partial charge in [-0.25, -0.2) is 4.39 Å². The summed E-state index contributed by atoms with van der Waals surface area (Å²) in [5.74, 6) is -0.396. The van der Waals surface area contributed by atoms with Crippen molar-refractivity contribution < 1.29 is 4.39 Å². The molecule has 0 radical (unpaired) electrons. The van der Waals surface area contributed by atoms with Crippen molar-refractivity contribution in [2.45, 2.75) is 6.92 Å². The van der Waals surface area contributed by atoms with E-state index in [9.17, 15) is 9.18 Å². The molecule has 0 aliphatic heterocycles. The highest BCUT2D eigenvalue weighted by Crippen LogP contribution is 2.22. The van der Waals surface area contributed by atoms with E-state index in [0.717, 1.165) is 0 Å². The van der Waals surface area contributed by atoms with Crippen LogP contribution in [-0.2, 0) is 0 Å². The number of pyridine rings is 1. The molecule has 3 nitrogen and oxygen atoms in total. The lowest BCUT2D eigenvalue weighted by Crippen LogP contribution is -2.23.